The van der Waals surface area contributed by atoms with E-state index in [0.29, 0.717) is 55.7 Å². The zero-order valence-electron chi connectivity index (χ0n) is 21.7. The van der Waals surface area contributed by atoms with E-state index in [1.54, 1.807) is 19.1 Å². The molecule has 13 heteroatoms. The van der Waals surface area contributed by atoms with Crippen molar-refractivity contribution in [2.24, 2.45) is 5.41 Å². The molecule has 0 aliphatic carbocycles. The average molecular weight is 561 g/mol. The monoisotopic (exact) mass is 560 g/mol. The molecule has 4 rings (SSSR count). The van der Waals surface area contributed by atoms with E-state index >= 15 is 0 Å². The van der Waals surface area contributed by atoms with Crippen molar-refractivity contribution in [2.45, 2.75) is 39.8 Å². The van der Waals surface area contributed by atoms with Crippen LogP contribution in [0.2, 0.25) is 5.02 Å². The van der Waals surface area contributed by atoms with Crippen LogP contribution in [0.15, 0.2) is 42.4 Å². The molecular formula is C26H28ClF3N8O. The molecular weight excluding hydrogens is 533 g/mol. The van der Waals surface area contributed by atoms with E-state index in [4.69, 9.17) is 16.7 Å². The smallest absolute Gasteiger partial charge is 0.362 e. The van der Waals surface area contributed by atoms with Gasteiger partial charge in [-0.1, -0.05) is 38.4 Å². The number of halogens is 4. The Kier molecular flexibility index (Phi) is 7.79. The first kappa shape index (κ1) is 28.2. The lowest BCUT2D eigenvalue weighted by Gasteiger charge is -2.24. The van der Waals surface area contributed by atoms with Gasteiger partial charge in [-0.25, -0.2) is 9.99 Å². The first-order valence-electron chi connectivity index (χ1n) is 12.0. The van der Waals surface area contributed by atoms with E-state index in [0.717, 1.165) is 6.20 Å². The minimum atomic E-state index is -3.59. The molecule has 0 radical (unpaired) electrons. The second-order valence-electron chi connectivity index (χ2n) is 10.3. The fraction of sp³-hybridized carbons (Fsp3) is 0.346. The van der Waals surface area contributed by atoms with Gasteiger partial charge < -0.3 is 21.2 Å². The van der Waals surface area contributed by atoms with Gasteiger partial charge in [0.1, 0.15) is 12.7 Å². The van der Waals surface area contributed by atoms with Crippen LogP contribution < -0.4 is 21.6 Å². The van der Waals surface area contributed by atoms with Crippen LogP contribution >= 0.6 is 11.6 Å². The second kappa shape index (κ2) is 10.8. The lowest BCUT2D eigenvalue weighted by molar-refractivity contribution is -0.171. The largest absolute Gasteiger partial charge is 0.388 e. The number of aryl methyl sites for hydroxylation is 1. The van der Waals surface area contributed by atoms with Crippen LogP contribution in [0, 0.1) is 29.6 Å². The van der Waals surface area contributed by atoms with Gasteiger partial charge in [0.2, 0.25) is 5.95 Å². The number of alkyl halides is 2. The quantitative estimate of drug-likeness (QED) is 0.192. The Bertz CT molecular complexity index is 1470. The molecule has 3 heterocycles. The number of hydrogen-bond acceptors (Lipinski definition) is 9. The number of aliphatic hydroxyl groups is 1. The van der Waals surface area contributed by atoms with Crippen LogP contribution in [-0.2, 0) is 0 Å². The van der Waals surface area contributed by atoms with Crippen LogP contribution in [0.4, 0.5) is 24.5 Å². The zero-order valence-corrected chi connectivity index (χ0v) is 22.5. The second-order valence-corrected chi connectivity index (χ2v) is 10.7. The topological polar surface area (TPSA) is 121 Å². The molecule has 39 heavy (non-hydrogen) atoms. The summed E-state index contributed by atoms with van der Waals surface area (Å²) < 4.78 is 42.1. The van der Waals surface area contributed by atoms with Crippen molar-refractivity contribution in [3.8, 4) is 6.07 Å². The van der Waals surface area contributed by atoms with Crippen molar-refractivity contribution in [3.05, 3.63) is 70.2 Å². The number of nitrogens with one attached hydrogen (secondary N) is 4. The fourth-order valence-electron chi connectivity index (χ4n) is 4.04. The van der Waals surface area contributed by atoms with Gasteiger partial charge in [0.05, 0.1) is 33.5 Å². The molecule has 0 amide bonds. The molecule has 9 nitrogen and oxygen atoms in total. The highest BCUT2D eigenvalue weighted by Gasteiger charge is 2.39. The number of anilines is 2. The first-order chi connectivity index (χ1) is 18.3. The summed E-state index contributed by atoms with van der Waals surface area (Å²) in [7, 11) is 0. The summed E-state index contributed by atoms with van der Waals surface area (Å²) in [5.41, 5.74) is 7.84. The molecule has 206 valence electrons. The lowest BCUT2D eigenvalue weighted by Crippen LogP contribution is -2.49. The van der Waals surface area contributed by atoms with Gasteiger partial charge in [-0.05, 0) is 30.5 Å². The van der Waals surface area contributed by atoms with Gasteiger partial charge in [0.15, 0.2) is 0 Å². The highest BCUT2D eigenvalue weighted by atomic mass is 35.5. The van der Waals surface area contributed by atoms with E-state index in [1.165, 1.54) is 18.3 Å². The molecule has 2 aromatic heterocycles. The number of benzene rings is 1. The van der Waals surface area contributed by atoms with E-state index in [9.17, 15) is 18.4 Å². The number of nitrogens with zero attached hydrogens (tertiary/aromatic N) is 4. The predicted octanol–water partition coefficient (Wildman–Crippen LogP) is 4.96. The Hall–Kier alpha value is -3.79. The van der Waals surface area contributed by atoms with Crippen LogP contribution in [0.1, 0.15) is 43.6 Å². The van der Waals surface area contributed by atoms with Gasteiger partial charge in [-0.15, -0.1) is 5.53 Å². The molecule has 5 N–H and O–H groups in total. The van der Waals surface area contributed by atoms with Gasteiger partial charge in [0, 0.05) is 41.3 Å². The molecule has 0 spiro atoms. The van der Waals surface area contributed by atoms with Crippen LogP contribution in [0.5, 0.6) is 0 Å². The normalized spacial score (nSPS) is 14.6. The molecule has 1 aromatic carbocycles. The van der Waals surface area contributed by atoms with Crippen molar-refractivity contribution < 1.29 is 18.3 Å². The van der Waals surface area contributed by atoms with Crippen molar-refractivity contribution in [1.29, 1.82) is 5.26 Å². The average Bonchev–Trinajstić information content (AvgIpc) is 3.37. The van der Waals surface area contributed by atoms with E-state index in [-0.39, 0.29) is 11.1 Å². The number of pyridine rings is 2. The van der Waals surface area contributed by atoms with Gasteiger partial charge in [-0.3, -0.25) is 4.98 Å². The third-order valence-corrected chi connectivity index (χ3v) is 6.29. The number of hydrazine groups is 2. The zero-order chi connectivity index (χ0) is 28.5. The van der Waals surface area contributed by atoms with Crippen molar-refractivity contribution in [1.82, 2.24) is 25.9 Å². The molecule has 0 fully saturated rings. The molecule has 0 saturated heterocycles. The Balaban J connectivity index is 1.82. The fourth-order valence-corrected chi connectivity index (χ4v) is 4.30. The minimum absolute atomic E-state index is 0.0870. The summed E-state index contributed by atoms with van der Waals surface area (Å²) in [5, 5.41) is 26.7. The standard InChI is InChI=1S/C26H28ClF3N8O/c1-14-17(5-6-21(28)34-14)24(20-11-38(37-36-20)26(29,30)13-39)35-16-7-18-22(33-12-25(2,3)4)15(9-31)10-32-23(18)19(27)8-16/h5-8,10-11,24,35-37,39H,12-13H2,1-4H3,(H,32,33)/t24-/m0/s1. The molecule has 0 bridgehead atoms. The Morgan fingerprint density at radius 1 is 1.26 bits per heavy atom. The van der Waals surface area contributed by atoms with E-state index in [1.807, 2.05) is 0 Å². The third kappa shape index (κ3) is 6.11. The number of aromatic nitrogens is 2. The number of nitriles is 1. The highest BCUT2D eigenvalue weighted by molar-refractivity contribution is 6.35. The van der Waals surface area contributed by atoms with Gasteiger partial charge >= 0.3 is 6.05 Å². The van der Waals surface area contributed by atoms with Crippen LogP contribution in [-0.4, -0.2) is 39.3 Å². The number of hydrogen-bond donors (Lipinski definition) is 5. The van der Waals surface area contributed by atoms with Gasteiger partial charge in [0.25, 0.3) is 0 Å². The minimum Gasteiger partial charge on any atom is -0.388 e. The predicted molar refractivity (Wildman–Crippen MR) is 143 cm³/mol. The molecule has 3 aromatic rings. The molecule has 0 saturated carbocycles. The van der Waals surface area contributed by atoms with E-state index in [2.05, 4.69) is 58.4 Å². The highest BCUT2D eigenvalue weighted by Crippen LogP contribution is 2.37. The summed E-state index contributed by atoms with van der Waals surface area (Å²) in [6.45, 7) is 6.91. The molecule has 1 aliphatic heterocycles. The molecule has 1 aliphatic rings. The SMILES string of the molecule is Cc1nc(F)ccc1[C@H](Nc1cc(Cl)c2ncc(C#N)c(NCC(C)(C)C)c2c1)C1=CN(C(F)(F)CO)NN1. The summed E-state index contributed by atoms with van der Waals surface area (Å²) in [5.74, 6) is -0.687. The van der Waals surface area contributed by atoms with Gasteiger partial charge in [-0.2, -0.15) is 18.4 Å². The van der Waals surface area contributed by atoms with Crippen LogP contribution in [0.3, 0.4) is 0 Å². The number of aliphatic hydroxyl groups excluding tert-OH is 1. The molecule has 0 unspecified atom stereocenters. The molecule has 1 atom stereocenters. The van der Waals surface area contributed by atoms with E-state index < -0.39 is 24.6 Å². The third-order valence-electron chi connectivity index (χ3n) is 6.00. The number of rotatable bonds is 8. The Morgan fingerprint density at radius 2 is 2.00 bits per heavy atom. The summed E-state index contributed by atoms with van der Waals surface area (Å²) in [6, 6.07) is 3.79. The maximum Gasteiger partial charge on any atom is 0.362 e. The van der Waals surface area contributed by atoms with Crippen molar-refractivity contribution >= 4 is 33.9 Å². The summed E-state index contributed by atoms with van der Waals surface area (Å²) in [4.78, 5) is 8.24. The Labute approximate surface area is 228 Å². The Morgan fingerprint density at radius 3 is 2.64 bits per heavy atom. The maximum absolute atomic E-state index is 14.1. The number of fused-ring (bicyclic) bond motifs is 1. The van der Waals surface area contributed by atoms with Crippen molar-refractivity contribution in [3.63, 3.8) is 0 Å². The summed E-state index contributed by atoms with van der Waals surface area (Å²) in [6.07, 6.45) is 2.56. The maximum atomic E-state index is 14.1. The lowest BCUT2D eigenvalue weighted by atomic mass is 9.96. The first-order valence-corrected chi connectivity index (χ1v) is 12.4. The summed E-state index contributed by atoms with van der Waals surface area (Å²) >= 11 is 6.61. The van der Waals surface area contributed by atoms with Crippen molar-refractivity contribution in [2.75, 3.05) is 23.8 Å². The van der Waals surface area contributed by atoms with Crippen LogP contribution in [0.25, 0.3) is 10.9 Å².